The van der Waals surface area contributed by atoms with Gasteiger partial charge in [0.15, 0.2) is 3.95 Å². The van der Waals surface area contributed by atoms with Crippen LogP contribution in [0.4, 0.5) is 5.69 Å². The van der Waals surface area contributed by atoms with Crippen molar-refractivity contribution in [1.82, 2.24) is 4.57 Å². The van der Waals surface area contributed by atoms with Crippen LogP contribution in [0.1, 0.15) is 11.8 Å². The fourth-order valence-electron chi connectivity index (χ4n) is 2.47. The number of nitrogens with zero attached hydrogens (tertiary/aromatic N) is 3. The molecule has 134 valence electrons. The van der Waals surface area contributed by atoms with Crippen molar-refractivity contribution in [3.8, 4) is 5.88 Å². The van der Waals surface area contributed by atoms with Gasteiger partial charge in [-0.2, -0.15) is 0 Å². The molecule has 9 nitrogen and oxygen atoms in total. The van der Waals surface area contributed by atoms with Crippen molar-refractivity contribution in [3.63, 3.8) is 0 Å². The number of amides is 1. The van der Waals surface area contributed by atoms with Crippen molar-refractivity contribution in [2.45, 2.75) is 13.5 Å². The maximum atomic E-state index is 12.3. The van der Waals surface area contributed by atoms with Gasteiger partial charge >= 0.3 is 5.97 Å². The van der Waals surface area contributed by atoms with Gasteiger partial charge in [-0.25, -0.2) is 4.99 Å². The highest BCUT2D eigenvalue weighted by Gasteiger charge is 2.27. The summed E-state index contributed by atoms with van der Waals surface area (Å²) in [5.74, 6) is -1.62. The zero-order valence-electron chi connectivity index (χ0n) is 13.3. The van der Waals surface area contributed by atoms with Crippen molar-refractivity contribution < 1.29 is 24.4 Å². The minimum atomic E-state index is -0.643. The van der Waals surface area contributed by atoms with Crippen LogP contribution < -0.4 is 10.6 Å². The third-order valence-electron chi connectivity index (χ3n) is 3.58. The number of thiazole rings is 1. The molecule has 0 saturated carbocycles. The molecule has 0 fully saturated rings. The number of aromatic nitrogens is 1. The second-order valence-corrected chi connectivity index (χ2v) is 6.81. The Labute approximate surface area is 154 Å². The zero-order chi connectivity index (χ0) is 19.0. The lowest BCUT2D eigenvalue weighted by atomic mass is 10.1. The first kappa shape index (κ1) is 17.9. The minimum Gasteiger partial charge on any atom is -0.493 e. The van der Waals surface area contributed by atoms with Crippen LogP contribution in [0.5, 0.6) is 5.88 Å². The van der Waals surface area contributed by atoms with Crippen LogP contribution in [0.3, 0.4) is 0 Å². The Balaban J connectivity index is 2.19. The van der Waals surface area contributed by atoms with Crippen LogP contribution in [0.2, 0.25) is 0 Å². The quantitative estimate of drug-likeness (QED) is 0.345. The minimum absolute atomic E-state index is 0.0138. The highest BCUT2D eigenvalue weighted by Crippen LogP contribution is 2.32. The maximum Gasteiger partial charge on any atom is 0.326 e. The molecule has 2 aromatic rings. The normalized spacial score (nSPS) is 12.7. The average Bonchev–Trinajstić information content (AvgIpc) is 3.04. The number of hydrogen-bond acceptors (Lipinski definition) is 8. The van der Waals surface area contributed by atoms with E-state index in [2.05, 4.69) is 4.99 Å². The lowest BCUT2D eigenvalue weighted by Gasteiger charge is -2.05. The number of ether oxygens (including phenoxy) is 1. The molecule has 1 aliphatic rings. The third-order valence-corrected chi connectivity index (χ3v) is 5.04. The lowest BCUT2D eigenvalue weighted by Crippen LogP contribution is -2.23. The first-order chi connectivity index (χ1) is 12.3. The number of nitro groups is 1. The first-order valence-electron chi connectivity index (χ1n) is 7.34. The van der Waals surface area contributed by atoms with Crippen molar-refractivity contribution >= 4 is 46.7 Å². The fourth-order valence-corrected chi connectivity index (χ4v) is 3.81. The van der Waals surface area contributed by atoms with Crippen LogP contribution in [-0.2, 0) is 20.9 Å². The molecule has 2 heterocycles. The van der Waals surface area contributed by atoms with E-state index in [1.165, 1.54) is 18.2 Å². The van der Waals surface area contributed by atoms with Gasteiger partial charge in [-0.1, -0.05) is 0 Å². The van der Waals surface area contributed by atoms with E-state index >= 15 is 0 Å². The Morgan fingerprint density at radius 3 is 2.88 bits per heavy atom. The number of esters is 1. The molecule has 0 atom stereocenters. The van der Waals surface area contributed by atoms with Crippen molar-refractivity contribution in [2.24, 2.45) is 4.99 Å². The lowest BCUT2D eigenvalue weighted by molar-refractivity contribution is -0.385. The van der Waals surface area contributed by atoms with Gasteiger partial charge in [-0.05, 0) is 25.2 Å². The monoisotopic (exact) mass is 393 g/mol. The van der Waals surface area contributed by atoms with Crippen molar-refractivity contribution in [2.75, 3.05) is 6.61 Å². The largest absolute Gasteiger partial charge is 0.493 e. The molecule has 1 amide bonds. The summed E-state index contributed by atoms with van der Waals surface area (Å²) in [6.45, 7) is 1.51. The first-order valence-corrected chi connectivity index (χ1v) is 8.56. The Morgan fingerprint density at radius 2 is 2.23 bits per heavy atom. The molecule has 1 aliphatic heterocycles. The van der Waals surface area contributed by atoms with E-state index in [-0.39, 0.29) is 49.7 Å². The summed E-state index contributed by atoms with van der Waals surface area (Å²) in [6.07, 6.45) is 0. The molecule has 1 N–H and O–H groups in total. The van der Waals surface area contributed by atoms with E-state index in [1.54, 1.807) is 6.92 Å². The van der Waals surface area contributed by atoms with Gasteiger partial charge in [0.25, 0.3) is 11.6 Å². The van der Waals surface area contributed by atoms with Gasteiger partial charge in [0.2, 0.25) is 5.88 Å². The number of fused-ring (bicyclic) bond motifs is 1. The summed E-state index contributed by atoms with van der Waals surface area (Å²) in [7, 11) is 0. The van der Waals surface area contributed by atoms with Crippen LogP contribution in [0.25, 0.3) is 5.57 Å². The van der Waals surface area contributed by atoms with Crippen molar-refractivity contribution in [3.05, 3.63) is 47.7 Å². The molecule has 11 heteroatoms. The standard InChI is InChI=1S/C15H11N3O6S2/c1-2-24-10(19)6-17-14(21)12(26-15(17)25)11-8-5-7(18(22)23)3-4-9(8)16-13(11)20/h3-5,21H,2,6H2,1H3. The van der Waals surface area contributed by atoms with E-state index in [0.29, 0.717) is 0 Å². The van der Waals surface area contributed by atoms with E-state index in [1.807, 2.05) is 0 Å². The van der Waals surface area contributed by atoms with Gasteiger partial charge < -0.3 is 9.84 Å². The molecule has 0 radical (unpaired) electrons. The summed E-state index contributed by atoms with van der Waals surface area (Å²) in [5.41, 5.74) is -0.194. The zero-order valence-corrected chi connectivity index (χ0v) is 14.9. The summed E-state index contributed by atoms with van der Waals surface area (Å²) >= 11 is 6.07. The number of rotatable bonds is 5. The number of carbonyl (C=O) groups is 2. The highest BCUT2D eigenvalue weighted by atomic mass is 32.1. The van der Waals surface area contributed by atoms with E-state index in [4.69, 9.17) is 17.0 Å². The van der Waals surface area contributed by atoms with Gasteiger partial charge in [-0.3, -0.25) is 24.3 Å². The van der Waals surface area contributed by atoms with Gasteiger partial charge in [0, 0.05) is 17.4 Å². The molecule has 0 bridgehead atoms. The SMILES string of the molecule is CCOC(=O)Cn1c(O)c(C2=c3cc([N+](=O)[O-])ccc3=NC2=O)sc1=S. The van der Waals surface area contributed by atoms with E-state index in [9.17, 15) is 24.8 Å². The number of non-ortho nitro benzene ring substituents is 1. The second-order valence-electron chi connectivity index (χ2n) is 5.16. The summed E-state index contributed by atoms with van der Waals surface area (Å²) in [6, 6.07) is 3.83. The van der Waals surface area contributed by atoms with E-state index < -0.39 is 16.8 Å². The number of aromatic hydroxyl groups is 1. The molecular weight excluding hydrogens is 382 g/mol. The summed E-state index contributed by atoms with van der Waals surface area (Å²) in [5, 5.41) is 22.0. The summed E-state index contributed by atoms with van der Waals surface area (Å²) in [4.78, 5) is 38.3. The van der Waals surface area contributed by atoms with Gasteiger partial charge in [0.1, 0.15) is 11.4 Å². The molecule has 0 unspecified atom stereocenters. The predicted molar refractivity (Wildman–Crippen MR) is 92.8 cm³/mol. The molecule has 0 saturated heterocycles. The fraction of sp³-hybridized carbons (Fsp3) is 0.200. The molecular formula is C15H11N3O6S2. The maximum absolute atomic E-state index is 12.3. The van der Waals surface area contributed by atoms with Gasteiger partial charge in [0.05, 0.1) is 22.5 Å². The average molecular weight is 393 g/mol. The molecule has 0 aliphatic carbocycles. The van der Waals surface area contributed by atoms with Crippen LogP contribution >= 0.6 is 23.6 Å². The topological polar surface area (TPSA) is 124 Å². The van der Waals surface area contributed by atoms with Crippen LogP contribution in [-0.4, -0.2) is 33.1 Å². The highest BCUT2D eigenvalue weighted by molar-refractivity contribution is 7.73. The van der Waals surface area contributed by atoms with Crippen LogP contribution in [0.15, 0.2) is 23.2 Å². The number of carbonyl (C=O) groups excluding carboxylic acids is 2. The second kappa shape index (κ2) is 6.77. The molecule has 3 rings (SSSR count). The third kappa shape index (κ3) is 3.02. The molecule has 0 spiro atoms. The Morgan fingerprint density at radius 1 is 1.50 bits per heavy atom. The number of hydrogen-bond donors (Lipinski definition) is 1. The number of nitro benzene ring substituents is 1. The van der Waals surface area contributed by atoms with E-state index in [0.717, 1.165) is 15.9 Å². The molecule has 26 heavy (non-hydrogen) atoms. The Hall–Kier alpha value is -2.92. The Kier molecular flexibility index (Phi) is 4.66. The Bertz CT molecular complexity index is 1130. The summed E-state index contributed by atoms with van der Waals surface area (Å²) < 4.78 is 6.13. The smallest absolute Gasteiger partial charge is 0.326 e. The molecule has 1 aromatic carbocycles. The van der Waals surface area contributed by atoms with Gasteiger partial charge in [-0.15, -0.1) is 11.3 Å². The molecule has 1 aromatic heterocycles. The van der Waals surface area contributed by atoms with Crippen molar-refractivity contribution in [1.29, 1.82) is 0 Å². The van der Waals surface area contributed by atoms with Crippen LogP contribution in [0, 0.1) is 14.1 Å². The predicted octanol–water partition coefficient (Wildman–Crippen LogP) is 0.815. The number of benzene rings is 1.